The van der Waals surface area contributed by atoms with Crippen LogP contribution in [0.1, 0.15) is 48.9 Å². The summed E-state index contributed by atoms with van der Waals surface area (Å²) < 4.78 is 11.3. The van der Waals surface area contributed by atoms with E-state index in [9.17, 15) is 14.7 Å². The van der Waals surface area contributed by atoms with Crippen molar-refractivity contribution in [3.05, 3.63) is 69.8 Å². The summed E-state index contributed by atoms with van der Waals surface area (Å²) >= 11 is 6.12. The third-order valence-electron chi connectivity index (χ3n) is 6.91. The fourth-order valence-corrected chi connectivity index (χ4v) is 4.96. The molecule has 2 aromatic rings. The van der Waals surface area contributed by atoms with Crippen molar-refractivity contribution in [3.8, 4) is 5.75 Å². The second-order valence-electron chi connectivity index (χ2n) is 9.53. The summed E-state index contributed by atoms with van der Waals surface area (Å²) in [6, 6.07) is 11.7. The highest BCUT2D eigenvalue weighted by Crippen LogP contribution is 2.40. The minimum atomic E-state index is -0.692. The molecule has 2 aliphatic heterocycles. The molecule has 7 nitrogen and oxygen atoms in total. The molecule has 0 saturated carbocycles. The van der Waals surface area contributed by atoms with E-state index in [0.29, 0.717) is 43.4 Å². The lowest BCUT2D eigenvalue weighted by Gasteiger charge is -2.29. The van der Waals surface area contributed by atoms with Gasteiger partial charge in [-0.3, -0.25) is 14.5 Å². The van der Waals surface area contributed by atoms with Gasteiger partial charge >= 0.3 is 0 Å². The summed E-state index contributed by atoms with van der Waals surface area (Å²) in [6.07, 6.45) is 2.70. The van der Waals surface area contributed by atoms with Gasteiger partial charge in [0.05, 0.1) is 31.4 Å². The van der Waals surface area contributed by atoms with Crippen LogP contribution in [-0.4, -0.2) is 72.6 Å². The molecule has 0 aromatic heterocycles. The number of morpholine rings is 1. The quantitative estimate of drug-likeness (QED) is 0.204. The van der Waals surface area contributed by atoms with Crippen LogP contribution in [0.4, 0.5) is 0 Å². The smallest absolute Gasteiger partial charge is 0.295 e. The van der Waals surface area contributed by atoms with Crippen molar-refractivity contribution in [2.75, 3.05) is 46.0 Å². The second kappa shape index (κ2) is 12.6. The first-order chi connectivity index (χ1) is 17.9. The van der Waals surface area contributed by atoms with Gasteiger partial charge in [0.25, 0.3) is 11.7 Å². The molecule has 4 rings (SSSR count). The normalized spacial score (nSPS) is 20.0. The predicted octanol–water partition coefficient (Wildman–Crippen LogP) is 4.97. The first-order valence-electron chi connectivity index (χ1n) is 13.0. The van der Waals surface area contributed by atoms with Gasteiger partial charge < -0.3 is 19.5 Å². The van der Waals surface area contributed by atoms with Crippen molar-refractivity contribution < 1.29 is 24.2 Å². The van der Waals surface area contributed by atoms with Gasteiger partial charge in [-0.05, 0) is 61.2 Å². The third kappa shape index (κ3) is 6.35. The standard InChI is InChI=1S/C29H35ClN2O5/c1-3-4-16-37-24-11-8-22(19-20(24)2)27(33)25-26(21-6-9-23(30)10-7-21)32(29(35)28(25)34)13-5-12-31-14-17-36-18-15-31/h6-11,19,26,33H,3-5,12-18H2,1-2H3/t26-/m0/s1. The molecule has 2 heterocycles. The minimum Gasteiger partial charge on any atom is -0.507 e. The molecule has 2 fully saturated rings. The van der Waals surface area contributed by atoms with E-state index >= 15 is 0 Å². The van der Waals surface area contributed by atoms with Gasteiger partial charge in [0.2, 0.25) is 0 Å². The fraction of sp³-hybridized carbons (Fsp3) is 0.448. The minimum absolute atomic E-state index is 0.0951. The molecule has 0 aliphatic carbocycles. The van der Waals surface area contributed by atoms with E-state index in [2.05, 4.69) is 11.8 Å². The van der Waals surface area contributed by atoms with Crippen LogP contribution in [0.2, 0.25) is 5.02 Å². The highest BCUT2D eigenvalue weighted by Gasteiger charge is 2.45. The average Bonchev–Trinajstić information content (AvgIpc) is 3.15. The van der Waals surface area contributed by atoms with E-state index in [1.807, 2.05) is 6.92 Å². The molecule has 2 aromatic carbocycles. The van der Waals surface area contributed by atoms with Gasteiger partial charge in [0.15, 0.2) is 0 Å². The number of halogens is 1. The lowest BCUT2D eigenvalue weighted by Crippen LogP contribution is -2.38. The lowest BCUT2D eigenvalue weighted by molar-refractivity contribution is -0.140. The Labute approximate surface area is 223 Å². The number of carbonyl (C=O) groups is 2. The molecule has 1 atom stereocenters. The number of hydrogen-bond donors (Lipinski definition) is 1. The van der Waals surface area contributed by atoms with Gasteiger partial charge in [-0.1, -0.05) is 37.1 Å². The zero-order chi connectivity index (χ0) is 26.4. The van der Waals surface area contributed by atoms with E-state index in [0.717, 1.165) is 49.4 Å². The van der Waals surface area contributed by atoms with Gasteiger partial charge in [0, 0.05) is 36.8 Å². The summed E-state index contributed by atoms with van der Waals surface area (Å²) in [4.78, 5) is 30.4. The van der Waals surface area contributed by atoms with E-state index in [1.165, 1.54) is 0 Å². The maximum atomic E-state index is 13.3. The van der Waals surface area contributed by atoms with Crippen molar-refractivity contribution in [3.63, 3.8) is 0 Å². The number of amides is 1. The Morgan fingerprint density at radius 3 is 2.49 bits per heavy atom. The predicted molar refractivity (Wildman–Crippen MR) is 144 cm³/mol. The summed E-state index contributed by atoms with van der Waals surface area (Å²) in [6.45, 7) is 8.95. The summed E-state index contributed by atoms with van der Waals surface area (Å²) in [5.41, 5.74) is 2.15. The Balaban J connectivity index is 1.64. The number of benzene rings is 2. The van der Waals surface area contributed by atoms with Crippen LogP contribution in [0.25, 0.3) is 5.76 Å². The van der Waals surface area contributed by atoms with Crippen LogP contribution in [-0.2, 0) is 14.3 Å². The number of aryl methyl sites for hydroxylation is 1. The highest BCUT2D eigenvalue weighted by molar-refractivity contribution is 6.46. The molecule has 198 valence electrons. The van der Waals surface area contributed by atoms with Gasteiger partial charge in [0.1, 0.15) is 11.5 Å². The summed E-state index contributed by atoms with van der Waals surface area (Å²) in [5.74, 6) is -0.718. The first kappa shape index (κ1) is 27.2. The molecular weight excluding hydrogens is 492 g/mol. The van der Waals surface area contributed by atoms with E-state index in [1.54, 1.807) is 47.4 Å². The van der Waals surface area contributed by atoms with Crippen LogP contribution in [0.3, 0.4) is 0 Å². The molecule has 0 unspecified atom stereocenters. The maximum absolute atomic E-state index is 13.3. The Kier molecular flexibility index (Phi) is 9.24. The molecule has 2 aliphatic rings. The van der Waals surface area contributed by atoms with Crippen molar-refractivity contribution in [2.24, 2.45) is 0 Å². The highest BCUT2D eigenvalue weighted by atomic mass is 35.5. The number of nitrogens with zero attached hydrogens (tertiary/aromatic N) is 2. The Hall–Kier alpha value is -2.87. The Morgan fingerprint density at radius 1 is 1.08 bits per heavy atom. The van der Waals surface area contributed by atoms with E-state index < -0.39 is 17.7 Å². The second-order valence-corrected chi connectivity index (χ2v) is 9.97. The number of Topliss-reactive ketones (excluding diaryl/α,β-unsaturated/α-hetero) is 1. The number of aliphatic hydroxyl groups is 1. The third-order valence-corrected chi connectivity index (χ3v) is 7.16. The van der Waals surface area contributed by atoms with Crippen LogP contribution in [0.15, 0.2) is 48.0 Å². The zero-order valence-electron chi connectivity index (χ0n) is 21.5. The maximum Gasteiger partial charge on any atom is 0.295 e. The number of unbranched alkanes of at least 4 members (excludes halogenated alkanes) is 1. The molecule has 1 amide bonds. The number of hydrogen-bond acceptors (Lipinski definition) is 6. The van der Waals surface area contributed by atoms with Crippen molar-refractivity contribution in [2.45, 2.75) is 39.2 Å². The number of rotatable bonds is 10. The van der Waals surface area contributed by atoms with Gasteiger partial charge in [-0.25, -0.2) is 0 Å². The summed E-state index contributed by atoms with van der Waals surface area (Å²) in [7, 11) is 0. The van der Waals surface area contributed by atoms with E-state index in [-0.39, 0.29) is 11.3 Å². The molecular formula is C29H35ClN2O5. The average molecular weight is 527 g/mol. The summed E-state index contributed by atoms with van der Waals surface area (Å²) in [5, 5.41) is 11.9. The van der Waals surface area contributed by atoms with Crippen LogP contribution >= 0.6 is 11.6 Å². The Morgan fingerprint density at radius 2 is 1.81 bits per heavy atom. The van der Waals surface area contributed by atoms with E-state index in [4.69, 9.17) is 21.1 Å². The SMILES string of the molecule is CCCCOc1ccc(C(O)=C2C(=O)C(=O)N(CCCN3CCOCC3)[C@H]2c2ccc(Cl)cc2)cc1C. The molecule has 0 spiro atoms. The lowest BCUT2D eigenvalue weighted by atomic mass is 9.94. The van der Waals surface area contributed by atoms with Crippen molar-refractivity contribution in [1.29, 1.82) is 0 Å². The van der Waals surface area contributed by atoms with Crippen molar-refractivity contribution in [1.82, 2.24) is 9.80 Å². The largest absolute Gasteiger partial charge is 0.507 e. The number of ether oxygens (including phenoxy) is 2. The number of carbonyl (C=O) groups excluding carboxylic acids is 2. The topological polar surface area (TPSA) is 79.3 Å². The fourth-order valence-electron chi connectivity index (χ4n) is 4.83. The van der Waals surface area contributed by atoms with Gasteiger partial charge in [-0.2, -0.15) is 0 Å². The number of ketones is 1. The molecule has 0 bridgehead atoms. The van der Waals surface area contributed by atoms with Crippen LogP contribution < -0.4 is 4.74 Å². The molecule has 0 radical (unpaired) electrons. The first-order valence-corrected chi connectivity index (χ1v) is 13.4. The molecule has 2 saturated heterocycles. The Bertz CT molecular complexity index is 1140. The number of aliphatic hydroxyl groups excluding tert-OH is 1. The molecule has 37 heavy (non-hydrogen) atoms. The number of likely N-dealkylation sites (tertiary alicyclic amines) is 1. The van der Waals surface area contributed by atoms with Gasteiger partial charge in [-0.15, -0.1) is 0 Å². The zero-order valence-corrected chi connectivity index (χ0v) is 22.3. The van der Waals surface area contributed by atoms with Crippen molar-refractivity contribution >= 4 is 29.1 Å². The van der Waals surface area contributed by atoms with Crippen LogP contribution in [0, 0.1) is 6.92 Å². The monoisotopic (exact) mass is 526 g/mol. The molecule has 1 N–H and O–H groups in total. The molecule has 8 heteroatoms. The van der Waals surface area contributed by atoms with Crippen LogP contribution in [0.5, 0.6) is 5.75 Å².